The second kappa shape index (κ2) is 7.16. The Morgan fingerprint density at radius 1 is 0.773 bits per heavy atom. The number of benzene rings is 1. The number of anilines is 1. The Bertz CT molecular complexity index is 605. The summed E-state index contributed by atoms with van der Waals surface area (Å²) >= 11 is 0. The van der Waals surface area contributed by atoms with E-state index in [1.807, 2.05) is 48.3 Å². The summed E-state index contributed by atoms with van der Waals surface area (Å²) in [6, 6.07) is 13.1. The van der Waals surface area contributed by atoms with E-state index in [0.29, 0.717) is 12.1 Å². The highest BCUT2D eigenvalue weighted by molar-refractivity contribution is 5.53. The average molecular weight is 297 g/mol. The van der Waals surface area contributed by atoms with Crippen molar-refractivity contribution in [1.29, 1.82) is 0 Å². The molecule has 0 N–H and O–H groups in total. The zero-order valence-electron chi connectivity index (χ0n) is 14.1. The Labute approximate surface area is 133 Å². The number of pyridine rings is 1. The van der Waals surface area contributed by atoms with Gasteiger partial charge >= 0.3 is 0 Å². The summed E-state index contributed by atoms with van der Waals surface area (Å²) in [5, 5.41) is 8.55. The molecule has 0 radical (unpaired) electrons. The van der Waals surface area contributed by atoms with Gasteiger partial charge in [-0.2, -0.15) is 10.2 Å². The summed E-state index contributed by atoms with van der Waals surface area (Å²) in [5.41, 5.74) is 2.94. The fraction of sp³-hybridized carbons (Fsp3) is 0.389. The lowest BCUT2D eigenvalue weighted by Crippen LogP contribution is -2.36. The van der Waals surface area contributed by atoms with Gasteiger partial charge < -0.3 is 4.90 Å². The van der Waals surface area contributed by atoms with E-state index in [9.17, 15) is 0 Å². The third kappa shape index (κ3) is 4.13. The first-order valence-corrected chi connectivity index (χ1v) is 7.73. The lowest BCUT2D eigenvalue weighted by molar-refractivity contribution is -0.671. The van der Waals surface area contributed by atoms with Crippen LogP contribution in [0.3, 0.4) is 0 Å². The van der Waals surface area contributed by atoms with Crippen molar-refractivity contribution < 1.29 is 4.57 Å². The van der Waals surface area contributed by atoms with Crippen molar-refractivity contribution in [1.82, 2.24) is 0 Å². The van der Waals surface area contributed by atoms with Gasteiger partial charge in [0.1, 0.15) is 7.05 Å². The molecule has 1 aromatic carbocycles. The van der Waals surface area contributed by atoms with Crippen LogP contribution in [-0.4, -0.2) is 12.1 Å². The van der Waals surface area contributed by atoms with Crippen molar-refractivity contribution in [3.05, 3.63) is 48.8 Å². The predicted molar refractivity (Wildman–Crippen MR) is 91.0 cm³/mol. The van der Waals surface area contributed by atoms with Crippen molar-refractivity contribution >= 4 is 17.1 Å². The molecule has 1 aromatic heterocycles. The highest BCUT2D eigenvalue weighted by Gasteiger charge is 2.13. The molecule has 4 nitrogen and oxygen atoms in total. The van der Waals surface area contributed by atoms with Crippen molar-refractivity contribution in [2.75, 3.05) is 4.90 Å². The fourth-order valence-corrected chi connectivity index (χ4v) is 2.56. The number of hydrogen-bond acceptors (Lipinski definition) is 3. The van der Waals surface area contributed by atoms with E-state index in [1.165, 1.54) is 5.69 Å². The van der Waals surface area contributed by atoms with Crippen LogP contribution < -0.4 is 9.47 Å². The Hall–Kier alpha value is -2.23. The number of aryl methyl sites for hydroxylation is 1. The van der Waals surface area contributed by atoms with Crippen molar-refractivity contribution in [2.24, 2.45) is 17.3 Å². The quantitative estimate of drug-likeness (QED) is 0.588. The van der Waals surface area contributed by atoms with Gasteiger partial charge in [-0.25, -0.2) is 4.57 Å². The third-order valence-corrected chi connectivity index (χ3v) is 3.50. The topological polar surface area (TPSA) is 31.8 Å². The molecule has 0 aliphatic rings. The zero-order chi connectivity index (χ0) is 16.1. The van der Waals surface area contributed by atoms with Gasteiger partial charge in [-0.15, -0.1) is 0 Å². The van der Waals surface area contributed by atoms with E-state index in [1.54, 1.807) is 0 Å². The summed E-state index contributed by atoms with van der Waals surface area (Å²) in [7, 11) is 1.98. The lowest BCUT2D eigenvalue weighted by Gasteiger charge is -2.33. The van der Waals surface area contributed by atoms with Crippen LogP contribution in [0.25, 0.3) is 0 Å². The van der Waals surface area contributed by atoms with E-state index in [-0.39, 0.29) is 0 Å². The Morgan fingerprint density at radius 2 is 1.23 bits per heavy atom. The molecule has 2 aromatic rings. The highest BCUT2D eigenvalue weighted by atomic mass is 15.2. The first-order valence-electron chi connectivity index (χ1n) is 7.73. The number of hydrogen-bond donors (Lipinski definition) is 0. The van der Waals surface area contributed by atoms with Gasteiger partial charge in [-0.1, -0.05) is 0 Å². The van der Waals surface area contributed by atoms with Crippen molar-refractivity contribution in [2.45, 2.75) is 39.8 Å². The van der Waals surface area contributed by atoms with Gasteiger partial charge in [0.05, 0.1) is 11.4 Å². The lowest BCUT2D eigenvalue weighted by atomic mass is 10.2. The normalized spacial score (nSPS) is 11.6. The minimum absolute atomic E-state index is 0.470. The summed E-state index contributed by atoms with van der Waals surface area (Å²) < 4.78 is 1.97. The van der Waals surface area contributed by atoms with Crippen LogP contribution in [-0.2, 0) is 7.05 Å². The fourth-order valence-electron chi connectivity index (χ4n) is 2.56. The summed E-state index contributed by atoms with van der Waals surface area (Å²) in [6.45, 7) is 8.85. The van der Waals surface area contributed by atoms with Gasteiger partial charge in [0, 0.05) is 29.9 Å². The molecular weight excluding hydrogens is 272 g/mol. The average Bonchev–Trinajstić information content (AvgIpc) is 2.47. The molecular formula is C18H25N4+. The molecule has 4 heteroatoms. The molecule has 0 atom stereocenters. The molecule has 116 valence electrons. The van der Waals surface area contributed by atoms with Crippen LogP contribution in [0, 0.1) is 0 Å². The van der Waals surface area contributed by atoms with E-state index in [2.05, 4.69) is 55.0 Å². The maximum Gasteiger partial charge on any atom is 0.170 e. The molecule has 0 aliphatic carbocycles. The molecule has 0 aliphatic heterocycles. The summed E-state index contributed by atoms with van der Waals surface area (Å²) in [4.78, 5) is 2.39. The number of nitrogens with zero attached hydrogens (tertiary/aromatic N) is 4. The number of aromatic nitrogens is 1. The Morgan fingerprint density at radius 3 is 1.68 bits per heavy atom. The standard InChI is InChI=1S/C18H25N4/c1-14(2)22(15(3)4)18-8-6-16(7-9-18)19-20-17-10-12-21(5)13-11-17/h6-15H,1-5H3/q+1. The van der Waals surface area contributed by atoms with E-state index >= 15 is 0 Å². The van der Waals surface area contributed by atoms with Gasteiger partial charge in [-0.3, -0.25) is 0 Å². The largest absolute Gasteiger partial charge is 0.367 e. The maximum absolute atomic E-state index is 4.29. The van der Waals surface area contributed by atoms with Gasteiger partial charge in [-0.05, 0) is 52.0 Å². The van der Waals surface area contributed by atoms with Gasteiger partial charge in [0.15, 0.2) is 12.4 Å². The van der Waals surface area contributed by atoms with E-state index in [0.717, 1.165) is 11.4 Å². The minimum atomic E-state index is 0.470. The molecule has 0 unspecified atom stereocenters. The molecule has 0 amide bonds. The van der Waals surface area contributed by atoms with Crippen molar-refractivity contribution in [3.8, 4) is 0 Å². The molecule has 0 saturated carbocycles. The monoisotopic (exact) mass is 297 g/mol. The number of azo groups is 1. The molecule has 0 fully saturated rings. The minimum Gasteiger partial charge on any atom is -0.367 e. The first kappa shape index (κ1) is 16.1. The van der Waals surface area contributed by atoms with Gasteiger partial charge in [0.2, 0.25) is 0 Å². The second-order valence-corrected chi connectivity index (χ2v) is 6.03. The van der Waals surface area contributed by atoms with Gasteiger partial charge in [0.25, 0.3) is 0 Å². The van der Waals surface area contributed by atoms with Crippen LogP contribution in [0.15, 0.2) is 59.0 Å². The summed E-state index contributed by atoms with van der Waals surface area (Å²) in [6.07, 6.45) is 3.92. The molecule has 2 rings (SSSR count). The van der Waals surface area contributed by atoms with Crippen LogP contribution in [0.2, 0.25) is 0 Å². The first-order chi connectivity index (χ1) is 10.5. The van der Waals surface area contributed by atoms with Crippen LogP contribution in [0.4, 0.5) is 17.1 Å². The SMILES string of the molecule is CC(C)N(c1ccc(N=Nc2cc[n+](C)cc2)cc1)C(C)C. The Kier molecular flexibility index (Phi) is 5.26. The van der Waals surface area contributed by atoms with Crippen molar-refractivity contribution in [3.63, 3.8) is 0 Å². The van der Waals surface area contributed by atoms with Crippen LogP contribution in [0.5, 0.6) is 0 Å². The summed E-state index contributed by atoms with van der Waals surface area (Å²) in [5.74, 6) is 0. The van der Waals surface area contributed by atoms with Crippen LogP contribution in [0.1, 0.15) is 27.7 Å². The van der Waals surface area contributed by atoms with E-state index in [4.69, 9.17) is 0 Å². The van der Waals surface area contributed by atoms with E-state index < -0.39 is 0 Å². The maximum atomic E-state index is 4.29. The molecule has 0 saturated heterocycles. The van der Waals surface area contributed by atoms with Crippen LogP contribution >= 0.6 is 0 Å². The molecule has 22 heavy (non-hydrogen) atoms. The third-order valence-electron chi connectivity index (χ3n) is 3.50. The predicted octanol–water partition coefficient (Wildman–Crippen LogP) is 4.55. The Balaban J connectivity index is 2.13. The number of rotatable bonds is 5. The molecule has 0 spiro atoms. The second-order valence-electron chi connectivity index (χ2n) is 6.03. The molecule has 1 heterocycles. The molecule has 0 bridgehead atoms. The zero-order valence-corrected chi connectivity index (χ0v) is 14.1. The highest BCUT2D eigenvalue weighted by Crippen LogP contribution is 2.24. The smallest absolute Gasteiger partial charge is 0.170 e.